The Morgan fingerprint density at radius 3 is 2.62 bits per heavy atom. The van der Waals surface area contributed by atoms with Gasteiger partial charge in [0.2, 0.25) is 0 Å². The molecule has 0 atom stereocenters. The Kier molecular flexibility index (Phi) is 5.47. The van der Waals surface area contributed by atoms with Crippen molar-refractivity contribution in [1.82, 2.24) is 20.0 Å². The molecule has 0 aliphatic heterocycles. The minimum atomic E-state index is -0.214. The molecule has 0 spiro atoms. The van der Waals surface area contributed by atoms with Gasteiger partial charge in [-0.25, -0.2) is 4.39 Å². The number of aromatic nitrogens is 2. The van der Waals surface area contributed by atoms with Gasteiger partial charge >= 0.3 is 0 Å². The summed E-state index contributed by atoms with van der Waals surface area (Å²) in [6.07, 6.45) is 1.91. The fourth-order valence-electron chi connectivity index (χ4n) is 2.39. The third-order valence-electron chi connectivity index (χ3n) is 3.52. The van der Waals surface area contributed by atoms with E-state index in [4.69, 9.17) is 0 Å². The highest BCUT2D eigenvalue weighted by Crippen LogP contribution is 2.25. The van der Waals surface area contributed by atoms with E-state index in [-0.39, 0.29) is 5.82 Å². The summed E-state index contributed by atoms with van der Waals surface area (Å²) in [5.41, 5.74) is 3.25. The van der Waals surface area contributed by atoms with E-state index in [9.17, 15) is 4.39 Å². The highest BCUT2D eigenvalue weighted by atomic mass is 19.1. The molecule has 0 aliphatic rings. The number of nitrogens with zero attached hydrogens (tertiary/aromatic N) is 3. The van der Waals surface area contributed by atoms with Gasteiger partial charge in [0.1, 0.15) is 5.82 Å². The van der Waals surface area contributed by atoms with Gasteiger partial charge in [-0.15, -0.1) is 0 Å². The molecule has 2 aromatic rings. The summed E-state index contributed by atoms with van der Waals surface area (Å²) < 4.78 is 15.1. The molecule has 0 unspecified atom stereocenters. The lowest BCUT2D eigenvalue weighted by atomic mass is 10.1. The van der Waals surface area contributed by atoms with E-state index >= 15 is 0 Å². The zero-order chi connectivity index (χ0) is 15.2. The maximum absolute atomic E-state index is 13.1. The molecule has 0 saturated heterocycles. The van der Waals surface area contributed by atoms with Gasteiger partial charge in [0, 0.05) is 37.3 Å². The second-order valence-corrected chi connectivity index (χ2v) is 5.18. The SMILES string of the molecule is CCn1ncc(CN(C)CCNC)c1-c1ccc(F)cc1. The van der Waals surface area contributed by atoms with Crippen LogP contribution in [0, 0.1) is 5.82 Å². The van der Waals surface area contributed by atoms with Crippen molar-refractivity contribution < 1.29 is 4.39 Å². The lowest BCUT2D eigenvalue weighted by Crippen LogP contribution is -2.27. The van der Waals surface area contributed by atoms with Crippen molar-refractivity contribution in [3.05, 3.63) is 41.8 Å². The lowest BCUT2D eigenvalue weighted by Gasteiger charge is -2.17. The fraction of sp³-hybridized carbons (Fsp3) is 0.438. The highest BCUT2D eigenvalue weighted by molar-refractivity contribution is 5.63. The first-order valence-electron chi connectivity index (χ1n) is 7.29. The Hall–Kier alpha value is -1.72. The molecule has 0 amide bonds. The summed E-state index contributed by atoms with van der Waals surface area (Å²) >= 11 is 0. The fourth-order valence-corrected chi connectivity index (χ4v) is 2.39. The van der Waals surface area contributed by atoms with Crippen molar-refractivity contribution in [2.75, 3.05) is 27.2 Å². The van der Waals surface area contributed by atoms with Crippen molar-refractivity contribution in [3.63, 3.8) is 0 Å². The first-order chi connectivity index (χ1) is 10.2. The molecular formula is C16H23FN4. The average Bonchev–Trinajstić information content (AvgIpc) is 2.88. The molecule has 1 aromatic heterocycles. The number of nitrogens with one attached hydrogen (secondary N) is 1. The quantitative estimate of drug-likeness (QED) is 0.850. The monoisotopic (exact) mass is 290 g/mol. The molecule has 1 heterocycles. The standard InChI is InChI=1S/C16H23FN4/c1-4-21-16(13-5-7-15(17)8-6-13)14(11-19-21)12-20(3)10-9-18-2/h5-8,11,18H,4,9-10,12H2,1-3H3. The van der Waals surface area contributed by atoms with Crippen LogP contribution >= 0.6 is 0 Å². The Morgan fingerprint density at radius 1 is 1.29 bits per heavy atom. The molecule has 21 heavy (non-hydrogen) atoms. The Morgan fingerprint density at radius 2 is 2.00 bits per heavy atom. The molecule has 0 aliphatic carbocycles. The Labute approximate surface area is 125 Å². The molecular weight excluding hydrogens is 267 g/mol. The number of hydrogen-bond donors (Lipinski definition) is 1. The highest BCUT2D eigenvalue weighted by Gasteiger charge is 2.13. The summed E-state index contributed by atoms with van der Waals surface area (Å²) in [6, 6.07) is 6.62. The van der Waals surface area contributed by atoms with Gasteiger partial charge in [-0.2, -0.15) is 5.10 Å². The predicted octanol–water partition coefficient (Wildman–Crippen LogP) is 2.36. The number of hydrogen-bond acceptors (Lipinski definition) is 3. The van der Waals surface area contributed by atoms with E-state index in [0.717, 1.165) is 37.4 Å². The van der Waals surface area contributed by atoms with Crippen molar-refractivity contribution >= 4 is 0 Å². The topological polar surface area (TPSA) is 33.1 Å². The molecule has 114 valence electrons. The van der Waals surface area contributed by atoms with Crippen LogP contribution in [0.5, 0.6) is 0 Å². The van der Waals surface area contributed by atoms with E-state index in [0.29, 0.717) is 0 Å². The maximum atomic E-state index is 13.1. The first-order valence-corrected chi connectivity index (χ1v) is 7.29. The van der Waals surface area contributed by atoms with Crippen LogP contribution in [0.15, 0.2) is 30.5 Å². The van der Waals surface area contributed by atoms with Gasteiger partial charge in [0.15, 0.2) is 0 Å². The van der Waals surface area contributed by atoms with E-state index in [1.54, 1.807) is 0 Å². The van der Waals surface area contributed by atoms with E-state index < -0.39 is 0 Å². The number of benzene rings is 1. The summed E-state index contributed by atoms with van der Waals surface area (Å²) in [4.78, 5) is 2.25. The summed E-state index contributed by atoms with van der Waals surface area (Å²) in [6.45, 7) is 5.61. The normalized spacial score (nSPS) is 11.3. The second-order valence-electron chi connectivity index (χ2n) is 5.18. The summed E-state index contributed by atoms with van der Waals surface area (Å²) in [5.74, 6) is -0.214. The number of likely N-dealkylation sites (N-methyl/N-ethyl adjacent to an activating group) is 2. The summed E-state index contributed by atoms with van der Waals surface area (Å²) in [7, 11) is 4.04. The van der Waals surface area contributed by atoms with Crippen LogP contribution in [0.25, 0.3) is 11.3 Å². The Bertz CT molecular complexity index is 562. The molecule has 1 N–H and O–H groups in total. The van der Waals surface area contributed by atoms with Gasteiger partial charge in [-0.3, -0.25) is 4.68 Å². The van der Waals surface area contributed by atoms with E-state index in [2.05, 4.69) is 29.3 Å². The van der Waals surface area contributed by atoms with Gasteiger partial charge < -0.3 is 10.2 Å². The van der Waals surface area contributed by atoms with Crippen molar-refractivity contribution in [1.29, 1.82) is 0 Å². The number of halogens is 1. The molecule has 1 aromatic carbocycles. The zero-order valence-corrected chi connectivity index (χ0v) is 12.9. The van der Waals surface area contributed by atoms with Gasteiger partial charge in [-0.05, 0) is 45.3 Å². The number of aryl methyl sites for hydroxylation is 1. The maximum Gasteiger partial charge on any atom is 0.123 e. The molecule has 0 radical (unpaired) electrons. The zero-order valence-electron chi connectivity index (χ0n) is 12.9. The molecule has 2 rings (SSSR count). The molecule has 0 fully saturated rings. The Balaban J connectivity index is 2.26. The number of rotatable bonds is 7. The van der Waals surface area contributed by atoms with Crippen LogP contribution in [0.2, 0.25) is 0 Å². The van der Waals surface area contributed by atoms with Crippen LogP contribution in [0.3, 0.4) is 0 Å². The van der Waals surface area contributed by atoms with Gasteiger partial charge in [0.25, 0.3) is 0 Å². The molecule has 5 heteroatoms. The average molecular weight is 290 g/mol. The van der Waals surface area contributed by atoms with Crippen molar-refractivity contribution in [3.8, 4) is 11.3 Å². The lowest BCUT2D eigenvalue weighted by molar-refractivity contribution is 0.328. The van der Waals surface area contributed by atoms with Crippen LogP contribution in [-0.2, 0) is 13.1 Å². The largest absolute Gasteiger partial charge is 0.318 e. The van der Waals surface area contributed by atoms with Crippen LogP contribution < -0.4 is 5.32 Å². The molecule has 0 saturated carbocycles. The second kappa shape index (κ2) is 7.33. The predicted molar refractivity (Wildman–Crippen MR) is 83.6 cm³/mol. The van der Waals surface area contributed by atoms with Crippen LogP contribution in [0.1, 0.15) is 12.5 Å². The first kappa shape index (κ1) is 15.7. The molecule has 0 bridgehead atoms. The minimum absolute atomic E-state index is 0.214. The van der Waals surface area contributed by atoms with Crippen LogP contribution in [-0.4, -0.2) is 41.9 Å². The van der Waals surface area contributed by atoms with Crippen molar-refractivity contribution in [2.45, 2.75) is 20.0 Å². The van der Waals surface area contributed by atoms with Crippen molar-refractivity contribution in [2.24, 2.45) is 0 Å². The third-order valence-corrected chi connectivity index (χ3v) is 3.52. The van der Waals surface area contributed by atoms with Crippen LogP contribution in [0.4, 0.5) is 4.39 Å². The minimum Gasteiger partial charge on any atom is -0.318 e. The molecule has 4 nitrogen and oxygen atoms in total. The van der Waals surface area contributed by atoms with E-state index in [1.165, 1.54) is 17.7 Å². The third kappa shape index (κ3) is 3.89. The van der Waals surface area contributed by atoms with E-state index in [1.807, 2.05) is 30.1 Å². The smallest absolute Gasteiger partial charge is 0.123 e. The summed E-state index contributed by atoms with van der Waals surface area (Å²) in [5, 5.41) is 7.60. The van der Waals surface area contributed by atoms with Gasteiger partial charge in [-0.1, -0.05) is 0 Å². The van der Waals surface area contributed by atoms with Gasteiger partial charge in [0.05, 0.1) is 11.9 Å².